The van der Waals surface area contributed by atoms with E-state index in [4.69, 9.17) is 0 Å². The molecule has 2 heterocycles. The van der Waals surface area contributed by atoms with Crippen molar-refractivity contribution in [3.63, 3.8) is 0 Å². The molecule has 0 saturated carbocycles. The molecule has 5 nitrogen and oxygen atoms in total. The van der Waals surface area contributed by atoms with Crippen LogP contribution >= 0.6 is 0 Å². The smallest absolute Gasteiger partial charge is 0.317 e. The lowest BCUT2D eigenvalue weighted by Crippen LogP contribution is -2.47. The van der Waals surface area contributed by atoms with Gasteiger partial charge in [0.25, 0.3) is 0 Å². The largest absolute Gasteiger partial charge is 0.342 e. The van der Waals surface area contributed by atoms with Gasteiger partial charge in [0.15, 0.2) is 0 Å². The first-order chi connectivity index (χ1) is 12.0. The van der Waals surface area contributed by atoms with Crippen molar-refractivity contribution in [2.45, 2.75) is 52.4 Å². The van der Waals surface area contributed by atoms with Gasteiger partial charge in [-0.1, -0.05) is 25.5 Å². The molecule has 2 saturated heterocycles. The van der Waals surface area contributed by atoms with Gasteiger partial charge in [0, 0.05) is 39.1 Å². The lowest BCUT2D eigenvalue weighted by molar-refractivity contribution is -0.133. The number of allylic oxidation sites excluding steroid dienone is 1. The maximum absolute atomic E-state index is 12.4. The van der Waals surface area contributed by atoms with E-state index in [0.29, 0.717) is 30.7 Å². The highest BCUT2D eigenvalue weighted by Gasteiger charge is 2.28. The van der Waals surface area contributed by atoms with Crippen LogP contribution in [-0.4, -0.2) is 54.5 Å². The number of hydrogen-bond acceptors (Lipinski definition) is 2. The summed E-state index contributed by atoms with van der Waals surface area (Å²) in [4.78, 5) is 28.7. The van der Waals surface area contributed by atoms with Crippen LogP contribution in [0.15, 0.2) is 11.6 Å². The molecule has 25 heavy (non-hydrogen) atoms. The van der Waals surface area contributed by atoms with Crippen molar-refractivity contribution in [2.24, 2.45) is 17.8 Å². The van der Waals surface area contributed by atoms with Crippen molar-refractivity contribution in [1.82, 2.24) is 15.1 Å². The van der Waals surface area contributed by atoms with Crippen LogP contribution in [0.5, 0.6) is 0 Å². The minimum absolute atomic E-state index is 0.0156. The van der Waals surface area contributed by atoms with Crippen molar-refractivity contribution >= 4 is 11.9 Å². The second-order valence-electron chi connectivity index (χ2n) is 8.34. The lowest BCUT2D eigenvalue weighted by atomic mass is 9.82. The topological polar surface area (TPSA) is 52.7 Å². The number of rotatable bonds is 3. The van der Waals surface area contributed by atoms with E-state index in [2.05, 4.69) is 25.2 Å². The quantitative estimate of drug-likeness (QED) is 0.798. The standard InChI is InChI=1S/C20H33N3O2/c1-15-11-16(2)13-23(12-15)19(24)7-9-21-20(25)22-10-8-17-5-3-4-6-18(17)14-22/h6,15-17H,3-5,7-14H2,1-2H3,(H,21,25). The van der Waals surface area contributed by atoms with Gasteiger partial charge >= 0.3 is 6.03 Å². The number of fused-ring (bicyclic) bond motifs is 1. The molecule has 1 N–H and O–H groups in total. The third kappa shape index (κ3) is 4.77. The average molecular weight is 348 g/mol. The molecule has 0 aromatic heterocycles. The fourth-order valence-corrected chi connectivity index (χ4v) is 4.72. The summed E-state index contributed by atoms with van der Waals surface area (Å²) < 4.78 is 0. The van der Waals surface area contributed by atoms with Gasteiger partial charge in [-0.3, -0.25) is 4.79 Å². The molecular weight excluding hydrogens is 314 g/mol. The van der Waals surface area contributed by atoms with E-state index in [1.165, 1.54) is 24.8 Å². The molecule has 140 valence electrons. The molecule has 0 aromatic carbocycles. The molecule has 2 fully saturated rings. The molecule has 5 heteroatoms. The van der Waals surface area contributed by atoms with E-state index < -0.39 is 0 Å². The van der Waals surface area contributed by atoms with E-state index in [9.17, 15) is 9.59 Å². The minimum atomic E-state index is -0.0156. The van der Waals surface area contributed by atoms with E-state index in [1.807, 2.05) is 9.80 Å². The molecule has 3 rings (SSSR count). The van der Waals surface area contributed by atoms with Crippen LogP contribution in [0.3, 0.4) is 0 Å². The average Bonchev–Trinajstić information content (AvgIpc) is 2.60. The summed E-state index contributed by atoms with van der Waals surface area (Å²) in [7, 11) is 0. The van der Waals surface area contributed by atoms with Gasteiger partial charge in [-0.15, -0.1) is 0 Å². The fourth-order valence-electron chi connectivity index (χ4n) is 4.72. The number of nitrogens with one attached hydrogen (secondary N) is 1. The fraction of sp³-hybridized carbons (Fsp3) is 0.800. The number of hydrogen-bond donors (Lipinski definition) is 1. The Hall–Kier alpha value is -1.52. The zero-order valence-corrected chi connectivity index (χ0v) is 15.8. The Bertz CT molecular complexity index is 521. The van der Waals surface area contributed by atoms with E-state index in [1.54, 1.807) is 0 Å². The van der Waals surface area contributed by atoms with Crippen molar-refractivity contribution in [2.75, 3.05) is 32.7 Å². The minimum Gasteiger partial charge on any atom is -0.342 e. The van der Waals surface area contributed by atoms with Gasteiger partial charge < -0.3 is 15.1 Å². The van der Waals surface area contributed by atoms with Crippen LogP contribution in [0.1, 0.15) is 52.4 Å². The van der Waals surface area contributed by atoms with Crippen molar-refractivity contribution in [3.8, 4) is 0 Å². The predicted octanol–water partition coefficient (Wildman–Crippen LogP) is 3.02. The molecule has 3 aliphatic rings. The Labute approximate surface area is 151 Å². The first-order valence-corrected chi connectivity index (χ1v) is 10.0. The molecule has 3 atom stereocenters. The third-order valence-corrected chi connectivity index (χ3v) is 5.93. The number of carbonyl (C=O) groups is 2. The van der Waals surface area contributed by atoms with Crippen LogP contribution in [0, 0.1) is 17.8 Å². The van der Waals surface area contributed by atoms with Crippen molar-refractivity contribution in [3.05, 3.63) is 11.6 Å². The van der Waals surface area contributed by atoms with Gasteiger partial charge in [-0.2, -0.15) is 0 Å². The maximum atomic E-state index is 12.4. The predicted molar refractivity (Wildman–Crippen MR) is 99.2 cm³/mol. The Morgan fingerprint density at radius 2 is 1.92 bits per heavy atom. The summed E-state index contributed by atoms with van der Waals surface area (Å²) in [5.41, 5.74) is 1.44. The lowest BCUT2D eigenvalue weighted by Gasteiger charge is -2.36. The van der Waals surface area contributed by atoms with Gasteiger partial charge in [0.05, 0.1) is 0 Å². The first kappa shape index (κ1) is 18.3. The second-order valence-corrected chi connectivity index (χ2v) is 8.34. The highest BCUT2D eigenvalue weighted by Crippen LogP contribution is 2.31. The van der Waals surface area contributed by atoms with Crippen LogP contribution in [0.2, 0.25) is 0 Å². The number of amides is 3. The SMILES string of the molecule is CC1CC(C)CN(C(=O)CCNC(=O)N2CCC3CCCC=C3C2)C1. The number of likely N-dealkylation sites (tertiary alicyclic amines) is 2. The normalized spacial score (nSPS) is 29.7. The van der Waals surface area contributed by atoms with Gasteiger partial charge in [-0.25, -0.2) is 4.79 Å². The van der Waals surface area contributed by atoms with Gasteiger partial charge in [-0.05, 0) is 49.9 Å². The molecule has 3 unspecified atom stereocenters. The third-order valence-electron chi connectivity index (χ3n) is 5.93. The Morgan fingerprint density at radius 3 is 2.68 bits per heavy atom. The van der Waals surface area contributed by atoms with E-state index >= 15 is 0 Å². The molecule has 0 aromatic rings. The highest BCUT2D eigenvalue weighted by atomic mass is 16.2. The Morgan fingerprint density at radius 1 is 1.16 bits per heavy atom. The summed E-state index contributed by atoms with van der Waals surface area (Å²) >= 11 is 0. The van der Waals surface area contributed by atoms with Crippen LogP contribution in [0.4, 0.5) is 4.79 Å². The number of carbonyl (C=O) groups excluding carboxylic acids is 2. The summed E-state index contributed by atoms with van der Waals surface area (Å²) in [5.74, 6) is 2.02. The van der Waals surface area contributed by atoms with Crippen molar-refractivity contribution in [1.29, 1.82) is 0 Å². The monoisotopic (exact) mass is 347 g/mol. The summed E-state index contributed by atoms with van der Waals surface area (Å²) in [6.45, 7) is 8.19. The molecule has 0 spiro atoms. The Balaban J connectivity index is 1.40. The zero-order chi connectivity index (χ0) is 17.8. The number of piperidine rings is 2. The molecule has 0 radical (unpaired) electrons. The molecule has 3 amide bonds. The molecular formula is C20H33N3O2. The highest BCUT2D eigenvalue weighted by molar-refractivity contribution is 5.78. The molecule has 1 aliphatic carbocycles. The Kier molecular flexibility index (Phi) is 6.02. The second kappa shape index (κ2) is 8.24. The van der Waals surface area contributed by atoms with Crippen LogP contribution in [0.25, 0.3) is 0 Å². The summed E-state index contributed by atoms with van der Waals surface area (Å²) in [6.07, 6.45) is 8.75. The van der Waals surface area contributed by atoms with Crippen molar-refractivity contribution < 1.29 is 9.59 Å². The molecule has 0 bridgehead atoms. The van der Waals surface area contributed by atoms with E-state index in [0.717, 1.165) is 39.0 Å². The first-order valence-electron chi connectivity index (χ1n) is 10.0. The van der Waals surface area contributed by atoms with Crippen LogP contribution in [-0.2, 0) is 4.79 Å². The number of nitrogens with zero attached hydrogens (tertiary/aromatic N) is 2. The van der Waals surface area contributed by atoms with E-state index in [-0.39, 0.29) is 11.9 Å². The summed E-state index contributed by atoms with van der Waals surface area (Å²) in [6, 6.07) is -0.0156. The maximum Gasteiger partial charge on any atom is 0.317 e. The molecule has 2 aliphatic heterocycles. The summed E-state index contributed by atoms with van der Waals surface area (Å²) in [5, 5.41) is 2.95. The van der Waals surface area contributed by atoms with Crippen LogP contribution < -0.4 is 5.32 Å². The zero-order valence-electron chi connectivity index (χ0n) is 15.8. The van der Waals surface area contributed by atoms with Gasteiger partial charge in [0.1, 0.15) is 0 Å². The number of urea groups is 1. The van der Waals surface area contributed by atoms with Gasteiger partial charge in [0.2, 0.25) is 5.91 Å².